The highest BCUT2D eigenvalue weighted by atomic mass is 35.5. The van der Waals surface area contributed by atoms with Crippen LogP contribution in [-0.4, -0.2) is 41.6 Å². The molecule has 0 saturated carbocycles. The summed E-state index contributed by atoms with van der Waals surface area (Å²) in [6.07, 6.45) is 1.64. The lowest BCUT2D eigenvalue weighted by molar-refractivity contribution is -0.127. The highest BCUT2D eigenvalue weighted by Crippen LogP contribution is 2.35. The Hall–Kier alpha value is -3.75. The number of hydrogen-bond acceptors (Lipinski definition) is 6. The Labute approximate surface area is 231 Å². The molecule has 1 fully saturated rings. The zero-order chi connectivity index (χ0) is 27.1. The quantitative estimate of drug-likeness (QED) is 0.293. The van der Waals surface area contributed by atoms with Crippen molar-refractivity contribution in [3.05, 3.63) is 93.9 Å². The summed E-state index contributed by atoms with van der Waals surface area (Å²) in [4.78, 5) is 41.6. The molecule has 1 aliphatic heterocycles. The fraction of sp³-hybridized carbons (Fsp3) is 0.207. The van der Waals surface area contributed by atoms with Crippen LogP contribution in [0.5, 0.6) is 5.75 Å². The van der Waals surface area contributed by atoms with Gasteiger partial charge in [-0.15, -0.1) is 0 Å². The summed E-state index contributed by atoms with van der Waals surface area (Å²) in [6.45, 7) is 5.80. The number of thioether (sulfide) groups is 1. The van der Waals surface area contributed by atoms with Crippen LogP contribution in [0.4, 0.5) is 16.2 Å². The second kappa shape index (κ2) is 12.7. The molecule has 1 heterocycles. The standard InChI is InChI=1S/C29H28ClN3O4S/c1-3-32(4-2)24-14-13-21(25(17-24)37-19-20-9-6-5-7-10-20)15-26-28(35)33(29(36)38-26)18-27(34)31-23-12-8-11-22(30)16-23/h5-17H,3-4,18-19H2,1-2H3,(H,31,34)/b26-15+. The van der Waals surface area contributed by atoms with E-state index in [0.717, 1.165) is 41.0 Å². The molecule has 3 amide bonds. The van der Waals surface area contributed by atoms with Crippen molar-refractivity contribution in [1.29, 1.82) is 0 Å². The molecule has 3 aromatic rings. The van der Waals surface area contributed by atoms with Crippen molar-refractivity contribution in [2.75, 3.05) is 29.9 Å². The van der Waals surface area contributed by atoms with Gasteiger partial charge >= 0.3 is 0 Å². The van der Waals surface area contributed by atoms with Crippen LogP contribution >= 0.6 is 23.4 Å². The summed E-state index contributed by atoms with van der Waals surface area (Å²) in [7, 11) is 0. The van der Waals surface area contributed by atoms with Gasteiger partial charge in [0.2, 0.25) is 5.91 Å². The topological polar surface area (TPSA) is 79.0 Å². The minimum absolute atomic E-state index is 0.228. The molecule has 0 atom stereocenters. The van der Waals surface area contributed by atoms with Gasteiger partial charge in [0.15, 0.2) is 0 Å². The first-order valence-corrected chi connectivity index (χ1v) is 13.4. The number of nitrogens with one attached hydrogen (secondary N) is 1. The Morgan fingerprint density at radius 3 is 2.50 bits per heavy atom. The zero-order valence-electron chi connectivity index (χ0n) is 21.1. The van der Waals surface area contributed by atoms with Gasteiger partial charge in [0.05, 0.1) is 4.91 Å². The molecule has 196 valence electrons. The minimum atomic E-state index is -0.525. The van der Waals surface area contributed by atoms with Crippen LogP contribution in [0.15, 0.2) is 77.7 Å². The number of nitrogens with zero attached hydrogens (tertiary/aromatic N) is 2. The Balaban J connectivity index is 1.54. The van der Waals surface area contributed by atoms with E-state index in [9.17, 15) is 14.4 Å². The molecule has 1 N–H and O–H groups in total. The van der Waals surface area contributed by atoms with Crippen molar-refractivity contribution in [2.24, 2.45) is 0 Å². The molecule has 38 heavy (non-hydrogen) atoms. The molecule has 3 aromatic carbocycles. The molecular weight excluding hydrogens is 522 g/mol. The van der Waals surface area contributed by atoms with E-state index in [1.165, 1.54) is 0 Å². The molecular formula is C29H28ClN3O4S. The number of carbonyl (C=O) groups excluding carboxylic acids is 3. The lowest BCUT2D eigenvalue weighted by atomic mass is 10.1. The summed E-state index contributed by atoms with van der Waals surface area (Å²) in [6, 6.07) is 22.3. The van der Waals surface area contributed by atoms with Gasteiger partial charge in [-0.2, -0.15) is 0 Å². The summed E-state index contributed by atoms with van der Waals surface area (Å²) >= 11 is 6.76. The van der Waals surface area contributed by atoms with E-state index >= 15 is 0 Å². The van der Waals surface area contributed by atoms with Gasteiger partial charge in [-0.05, 0) is 67.6 Å². The van der Waals surface area contributed by atoms with Crippen LogP contribution in [0.2, 0.25) is 5.02 Å². The average Bonchev–Trinajstić information content (AvgIpc) is 3.17. The summed E-state index contributed by atoms with van der Waals surface area (Å²) < 4.78 is 6.18. The highest BCUT2D eigenvalue weighted by molar-refractivity contribution is 8.18. The third-order valence-electron chi connectivity index (χ3n) is 5.93. The highest BCUT2D eigenvalue weighted by Gasteiger charge is 2.36. The Morgan fingerprint density at radius 2 is 1.79 bits per heavy atom. The molecule has 0 unspecified atom stereocenters. The van der Waals surface area contributed by atoms with Crippen molar-refractivity contribution in [3.8, 4) is 5.75 Å². The number of halogens is 1. The number of anilines is 2. The fourth-order valence-corrected chi connectivity index (χ4v) is 5.00. The Kier molecular flexibility index (Phi) is 9.10. The minimum Gasteiger partial charge on any atom is -0.488 e. The lowest BCUT2D eigenvalue weighted by Gasteiger charge is -2.22. The number of imide groups is 1. The van der Waals surface area contributed by atoms with Crippen LogP contribution in [0.1, 0.15) is 25.0 Å². The SMILES string of the molecule is CCN(CC)c1ccc(/C=C2/SC(=O)N(CC(=O)Nc3cccc(Cl)c3)C2=O)c(OCc2ccccc2)c1. The summed E-state index contributed by atoms with van der Waals surface area (Å²) in [5, 5.41) is 2.62. The van der Waals surface area contributed by atoms with E-state index < -0.39 is 23.6 Å². The summed E-state index contributed by atoms with van der Waals surface area (Å²) in [5.74, 6) is -0.418. The Morgan fingerprint density at radius 1 is 1.03 bits per heavy atom. The fourth-order valence-electron chi connectivity index (χ4n) is 3.98. The predicted octanol–water partition coefficient (Wildman–Crippen LogP) is 6.44. The van der Waals surface area contributed by atoms with Crippen molar-refractivity contribution >= 4 is 57.9 Å². The van der Waals surface area contributed by atoms with Gasteiger partial charge < -0.3 is 15.0 Å². The van der Waals surface area contributed by atoms with Gasteiger partial charge in [0.25, 0.3) is 11.1 Å². The zero-order valence-corrected chi connectivity index (χ0v) is 22.7. The molecule has 0 aromatic heterocycles. The molecule has 1 aliphatic rings. The predicted molar refractivity (Wildman–Crippen MR) is 154 cm³/mol. The van der Waals surface area contributed by atoms with E-state index in [1.807, 2.05) is 48.5 Å². The average molecular weight is 550 g/mol. The van der Waals surface area contributed by atoms with Gasteiger partial charge in [0, 0.05) is 41.1 Å². The molecule has 0 radical (unpaired) electrons. The van der Waals surface area contributed by atoms with Crippen LogP contribution in [0.25, 0.3) is 6.08 Å². The molecule has 4 rings (SSSR count). The van der Waals surface area contributed by atoms with E-state index in [-0.39, 0.29) is 4.91 Å². The molecule has 0 bridgehead atoms. The molecule has 9 heteroatoms. The number of carbonyl (C=O) groups is 3. The van der Waals surface area contributed by atoms with Crippen molar-refractivity contribution in [2.45, 2.75) is 20.5 Å². The van der Waals surface area contributed by atoms with E-state index in [4.69, 9.17) is 16.3 Å². The van der Waals surface area contributed by atoms with Crippen molar-refractivity contribution < 1.29 is 19.1 Å². The molecule has 1 saturated heterocycles. The maximum Gasteiger partial charge on any atom is 0.294 e. The number of rotatable bonds is 10. The smallest absolute Gasteiger partial charge is 0.294 e. The van der Waals surface area contributed by atoms with Crippen LogP contribution in [0.3, 0.4) is 0 Å². The third-order valence-corrected chi connectivity index (χ3v) is 7.08. The maximum atomic E-state index is 13.1. The molecule has 0 spiro atoms. The second-order valence-corrected chi connectivity index (χ2v) is 9.92. The third kappa shape index (κ3) is 6.76. The van der Waals surface area contributed by atoms with Crippen LogP contribution in [0, 0.1) is 0 Å². The first kappa shape index (κ1) is 27.3. The van der Waals surface area contributed by atoms with E-state index in [1.54, 1.807) is 30.3 Å². The van der Waals surface area contributed by atoms with E-state index in [2.05, 4.69) is 24.1 Å². The summed E-state index contributed by atoms with van der Waals surface area (Å²) in [5.41, 5.74) is 3.17. The van der Waals surface area contributed by atoms with Crippen molar-refractivity contribution in [1.82, 2.24) is 4.90 Å². The maximum absolute atomic E-state index is 13.1. The van der Waals surface area contributed by atoms with Crippen LogP contribution in [-0.2, 0) is 16.2 Å². The van der Waals surface area contributed by atoms with Crippen molar-refractivity contribution in [3.63, 3.8) is 0 Å². The second-order valence-electron chi connectivity index (χ2n) is 8.50. The molecule has 7 nitrogen and oxygen atoms in total. The lowest BCUT2D eigenvalue weighted by Crippen LogP contribution is -2.36. The monoisotopic (exact) mass is 549 g/mol. The van der Waals surface area contributed by atoms with Gasteiger partial charge in [-0.25, -0.2) is 0 Å². The normalized spacial score (nSPS) is 14.2. The van der Waals surface area contributed by atoms with Gasteiger partial charge in [0.1, 0.15) is 18.9 Å². The number of amides is 3. The Bertz CT molecular complexity index is 1360. The number of benzene rings is 3. The van der Waals surface area contributed by atoms with Gasteiger partial charge in [-0.1, -0.05) is 48.0 Å². The first-order chi connectivity index (χ1) is 18.4. The van der Waals surface area contributed by atoms with Crippen LogP contribution < -0.4 is 15.0 Å². The number of ether oxygens (including phenoxy) is 1. The first-order valence-electron chi connectivity index (χ1n) is 12.2. The van der Waals surface area contributed by atoms with Gasteiger partial charge in [-0.3, -0.25) is 19.3 Å². The molecule has 0 aliphatic carbocycles. The largest absolute Gasteiger partial charge is 0.488 e. The number of hydrogen-bond donors (Lipinski definition) is 1. The van der Waals surface area contributed by atoms with E-state index in [0.29, 0.717) is 28.6 Å².